The fraction of sp³-hybridized carbons (Fsp3) is 0.667. The summed E-state index contributed by atoms with van der Waals surface area (Å²) in [6.07, 6.45) is 5.82. The first kappa shape index (κ1) is 25.6. The highest BCUT2D eigenvalue weighted by Gasteiger charge is 2.45. The molecule has 200 valence electrons. The molecule has 4 heterocycles. The van der Waals surface area contributed by atoms with Crippen molar-refractivity contribution >= 4 is 17.6 Å². The summed E-state index contributed by atoms with van der Waals surface area (Å²) in [5, 5.41) is 22.1. The number of rotatable bonds is 7. The summed E-state index contributed by atoms with van der Waals surface area (Å²) in [6, 6.07) is 2.60. The molecule has 3 aliphatic rings. The first-order valence-electron chi connectivity index (χ1n) is 13.5. The van der Waals surface area contributed by atoms with Crippen molar-refractivity contribution < 1.29 is 14.7 Å². The van der Waals surface area contributed by atoms with E-state index < -0.39 is 23.6 Å². The van der Waals surface area contributed by atoms with Crippen LogP contribution in [0.3, 0.4) is 0 Å². The van der Waals surface area contributed by atoms with Crippen molar-refractivity contribution in [3.05, 3.63) is 35.3 Å². The predicted molar refractivity (Wildman–Crippen MR) is 139 cm³/mol. The summed E-state index contributed by atoms with van der Waals surface area (Å²) in [4.78, 5) is 35.9. The number of anilines is 1. The van der Waals surface area contributed by atoms with E-state index >= 15 is 0 Å². The molecule has 0 bridgehead atoms. The van der Waals surface area contributed by atoms with E-state index in [2.05, 4.69) is 20.5 Å². The minimum atomic E-state index is -0.751. The molecule has 5 rings (SSSR count). The van der Waals surface area contributed by atoms with E-state index in [1.807, 2.05) is 46.0 Å². The molecular weight excluding hydrogens is 470 g/mol. The Labute approximate surface area is 218 Å². The minimum absolute atomic E-state index is 0.124. The van der Waals surface area contributed by atoms with Crippen LogP contribution in [-0.4, -0.2) is 73.6 Å². The quantitative estimate of drug-likeness (QED) is 0.588. The number of aliphatic hydroxyl groups is 1. The molecule has 2 aromatic heterocycles. The summed E-state index contributed by atoms with van der Waals surface area (Å²) in [5.74, 6) is 0.870. The second-order valence-electron chi connectivity index (χ2n) is 11.9. The number of nitrogens with zero attached hydrogens (tertiary/aromatic N) is 6. The van der Waals surface area contributed by atoms with Gasteiger partial charge in [0.25, 0.3) is 0 Å². The number of nitrogens with one attached hydrogen (secondary N) is 1. The molecule has 3 atom stereocenters. The molecule has 2 saturated heterocycles. The summed E-state index contributed by atoms with van der Waals surface area (Å²) in [7, 11) is 0. The average molecular weight is 510 g/mol. The molecule has 3 fully saturated rings. The Hall–Kier alpha value is -3.01. The maximum Gasteiger partial charge on any atom is 0.248 e. The lowest BCUT2D eigenvalue weighted by atomic mass is 9.85. The molecule has 10 heteroatoms. The van der Waals surface area contributed by atoms with E-state index in [9.17, 15) is 14.7 Å². The van der Waals surface area contributed by atoms with Crippen LogP contribution in [-0.2, 0) is 16.1 Å². The first-order valence-corrected chi connectivity index (χ1v) is 13.5. The minimum Gasteiger partial charge on any atom is -0.391 e. The largest absolute Gasteiger partial charge is 0.391 e. The predicted octanol–water partition coefficient (Wildman–Crippen LogP) is 2.32. The van der Waals surface area contributed by atoms with Crippen LogP contribution < -0.4 is 10.2 Å². The van der Waals surface area contributed by atoms with Crippen LogP contribution in [0.1, 0.15) is 81.8 Å². The highest BCUT2D eigenvalue weighted by Crippen LogP contribution is 2.40. The smallest absolute Gasteiger partial charge is 0.248 e. The molecule has 2 unspecified atom stereocenters. The van der Waals surface area contributed by atoms with Gasteiger partial charge in [-0.05, 0) is 44.1 Å². The Kier molecular flexibility index (Phi) is 6.95. The van der Waals surface area contributed by atoms with Gasteiger partial charge in [-0.3, -0.25) is 9.59 Å². The van der Waals surface area contributed by atoms with E-state index in [-0.39, 0.29) is 24.8 Å². The zero-order valence-corrected chi connectivity index (χ0v) is 22.4. The molecule has 2 aromatic rings. The van der Waals surface area contributed by atoms with Gasteiger partial charge in [-0.25, -0.2) is 9.67 Å². The summed E-state index contributed by atoms with van der Waals surface area (Å²) >= 11 is 0. The molecule has 2 aliphatic heterocycles. The fourth-order valence-corrected chi connectivity index (χ4v) is 5.54. The number of hydrogen-bond acceptors (Lipinski definition) is 7. The van der Waals surface area contributed by atoms with Crippen molar-refractivity contribution in [1.82, 2.24) is 30.2 Å². The van der Waals surface area contributed by atoms with Crippen molar-refractivity contribution in [2.75, 3.05) is 24.5 Å². The van der Waals surface area contributed by atoms with Crippen molar-refractivity contribution in [3.63, 3.8) is 0 Å². The van der Waals surface area contributed by atoms with Crippen LogP contribution in [0, 0.1) is 12.3 Å². The number of carbonyl (C=O) groups excluding carboxylic acids is 2. The van der Waals surface area contributed by atoms with Crippen LogP contribution in [0.2, 0.25) is 0 Å². The Morgan fingerprint density at radius 2 is 1.92 bits per heavy atom. The summed E-state index contributed by atoms with van der Waals surface area (Å²) in [5.41, 5.74) is 2.36. The topological polar surface area (TPSA) is 116 Å². The third kappa shape index (κ3) is 5.49. The SMILES string of the molecule is Cc1ccc(CNC(=O)C2CC(O)CN2C(=O)[C@@H](n2cc(C3CC3)nn2)C(C)(C)C)c(N2CCCC2)n1. The highest BCUT2D eigenvalue weighted by atomic mass is 16.3. The normalized spacial score (nSPS) is 22.9. The van der Waals surface area contributed by atoms with E-state index in [0.717, 1.165) is 61.5 Å². The Bertz CT molecular complexity index is 1150. The standard InChI is InChI=1S/C27H39N7O3/c1-17-7-8-19(24(29-17)32-11-5-6-12-32)14-28-25(36)22-13-20(35)15-33(22)26(37)23(27(2,3)4)34-16-21(30-31-34)18-9-10-18/h7-8,16,18,20,22-23,35H,5-6,9-15H2,1-4H3,(H,28,36)/t20?,22?,23-/m1/s1. The number of aliphatic hydroxyl groups excluding tert-OH is 1. The monoisotopic (exact) mass is 509 g/mol. The number of aryl methyl sites for hydroxylation is 1. The molecule has 1 aliphatic carbocycles. The molecule has 37 heavy (non-hydrogen) atoms. The third-order valence-electron chi connectivity index (χ3n) is 7.66. The van der Waals surface area contributed by atoms with Gasteiger partial charge < -0.3 is 20.2 Å². The van der Waals surface area contributed by atoms with Gasteiger partial charge in [0, 0.05) is 56.0 Å². The summed E-state index contributed by atoms with van der Waals surface area (Å²) in [6.45, 7) is 10.3. The van der Waals surface area contributed by atoms with Gasteiger partial charge in [0.15, 0.2) is 0 Å². The lowest BCUT2D eigenvalue weighted by Crippen LogP contribution is -2.50. The van der Waals surface area contributed by atoms with Gasteiger partial charge >= 0.3 is 0 Å². The van der Waals surface area contributed by atoms with Crippen LogP contribution in [0.5, 0.6) is 0 Å². The van der Waals surface area contributed by atoms with Crippen LogP contribution in [0.15, 0.2) is 18.3 Å². The van der Waals surface area contributed by atoms with Gasteiger partial charge in [-0.1, -0.05) is 32.1 Å². The zero-order valence-electron chi connectivity index (χ0n) is 22.4. The first-order chi connectivity index (χ1) is 17.6. The lowest BCUT2D eigenvalue weighted by Gasteiger charge is -2.34. The Balaban J connectivity index is 1.32. The number of pyridine rings is 1. The van der Waals surface area contributed by atoms with Gasteiger partial charge in [-0.2, -0.15) is 0 Å². The maximum atomic E-state index is 13.9. The van der Waals surface area contributed by atoms with Gasteiger partial charge in [-0.15, -0.1) is 5.10 Å². The number of amides is 2. The molecule has 0 spiro atoms. The second-order valence-corrected chi connectivity index (χ2v) is 11.9. The van der Waals surface area contributed by atoms with Crippen LogP contribution >= 0.6 is 0 Å². The fourth-order valence-electron chi connectivity index (χ4n) is 5.54. The molecule has 10 nitrogen and oxygen atoms in total. The van der Waals surface area contributed by atoms with Crippen molar-refractivity contribution in [3.8, 4) is 0 Å². The van der Waals surface area contributed by atoms with Gasteiger partial charge in [0.2, 0.25) is 11.8 Å². The van der Waals surface area contributed by atoms with Gasteiger partial charge in [0.1, 0.15) is 17.9 Å². The Morgan fingerprint density at radius 3 is 2.59 bits per heavy atom. The maximum absolute atomic E-state index is 13.9. The molecule has 1 saturated carbocycles. The number of β-amino-alcohol motifs (C(OH)–C–C–N with tert-alkyl or cyclic N) is 1. The molecular formula is C27H39N7O3. The van der Waals surface area contributed by atoms with E-state index in [1.165, 1.54) is 4.90 Å². The molecule has 0 radical (unpaired) electrons. The number of likely N-dealkylation sites (tertiary alicyclic amines) is 1. The van der Waals surface area contributed by atoms with E-state index in [4.69, 9.17) is 4.98 Å². The van der Waals surface area contributed by atoms with Crippen LogP contribution in [0.4, 0.5) is 5.82 Å². The van der Waals surface area contributed by atoms with Gasteiger partial charge in [0.05, 0.1) is 11.8 Å². The van der Waals surface area contributed by atoms with Crippen LogP contribution in [0.25, 0.3) is 0 Å². The highest BCUT2D eigenvalue weighted by molar-refractivity contribution is 5.90. The molecule has 0 aromatic carbocycles. The van der Waals surface area contributed by atoms with E-state index in [0.29, 0.717) is 12.5 Å². The number of aromatic nitrogens is 4. The number of hydrogen-bond donors (Lipinski definition) is 2. The third-order valence-corrected chi connectivity index (χ3v) is 7.66. The van der Waals surface area contributed by atoms with E-state index in [1.54, 1.807) is 4.68 Å². The second kappa shape index (κ2) is 10.0. The van der Waals surface area contributed by atoms with Crippen molar-refractivity contribution in [2.45, 2.75) is 90.4 Å². The van der Waals surface area contributed by atoms with Crippen molar-refractivity contribution in [1.29, 1.82) is 0 Å². The molecule has 2 N–H and O–H groups in total. The number of carbonyl (C=O) groups is 2. The molecule has 2 amide bonds. The van der Waals surface area contributed by atoms with Crippen molar-refractivity contribution in [2.24, 2.45) is 5.41 Å². The lowest BCUT2D eigenvalue weighted by molar-refractivity contribution is -0.144. The Morgan fingerprint density at radius 1 is 1.19 bits per heavy atom. The summed E-state index contributed by atoms with van der Waals surface area (Å²) < 4.78 is 1.65. The average Bonchev–Trinajstić information content (AvgIpc) is 3.22. The zero-order chi connectivity index (χ0) is 26.3.